The van der Waals surface area contributed by atoms with E-state index in [2.05, 4.69) is 27.2 Å². The largest absolute Gasteiger partial charge is 0.200 e. The lowest BCUT2D eigenvalue weighted by molar-refractivity contribution is 0.703. The van der Waals surface area contributed by atoms with Crippen molar-refractivity contribution in [2.75, 3.05) is 0 Å². The predicted molar refractivity (Wildman–Crippen MR) is 44.6 cm³/mol. The minimum absolute atomic E-state index is 0.642. The average molecular weight is 179 g/mol. The molecule has 0 fully saturated rings. The maximum Gasteiger partial charge on any atom is 0.200 e. The Morgan fingerprint density at radius 3 is 3.25 bits per heavy atom. The van der Waals surface area contributed by atoms with Crippen molar-refractivity contribution in [3.05, 3.63) is 24.1 Å². The van der Waals surface area contributed by atoms with Crippen molar-refractivity contribution >= 4 is 17.4 Å². The van der Waals surface area contributed by atoms with E-state index in [0.717, 1.165) is 5.03 Å². The number of aromatic nitrogens is 5. The van der Waals surface area contributed by atoms with Crippen molar-refractivity contribution in [2.45, 2.75) is 5.03 Å². The van der Waals surface area contributed by atoms with Gasteiger partial charge in [-0.2, -0.15) is 0 Å². The maximum absolute atomic E-state index is 4.10. The van der Waals surface area contributed by atoms with E-state index in [-0.39, 0.29) is 0 Å². The van der Waals surface area contributed by atoms with Gasteiger partial charge in [0.2, 0.25) is 0 Å². The Kier molecular flexibility index (Phi) is 1.75. The molecule has 0 saturated carbocycles. The number of hydrogen-bond acceptors (Lipinski definition) is 5. The molecular formula is C6H5N5S. The van der Waals surface area contributed by atoms with Gasteiger partial charge in [-0.05, 0) is 28.0 Å². The number of hydrogen-bond donors (Lipinski definition) is 0. The van der Waals surface area contributed by atoms with Crippen molar-refractivity contribution < 1.29 is 0 Å². The van der Waals surface area contributed by atoms with E-state index in [9.17, 15) is 0 Å². The fourth-order valence-electron chi connectivity index (χ4n) is 0.782. The Morgan fingerprint density at radius 1 is 1.50 bits per heavy atom. The van der Waals surface area contributed by atoms with Crippen LogP contribution in [0.1, 0.15) is 0 Å². The van der Waals surface area contributed by atoms with Crippen LogP contribution in [-0.2, 0) is 0 Å². The molecule has 0 bridgehead atoms. The molecule has 12 heavy (non-hydrogen) atoms. The molecule has 6 heteroatoms. The van der Waals surface area contributed by atoms with Crippen LogP contribution in [0.2, 0.25) is 0 Å². The smallest absolute Gasteiger partial charge is 0.140 e. The van der Waals surface area contributed by atoms with Gasteiger partial charge >= 0.3 is 0 Å². The van der Waals surface area contributed by atoms with E-state index in [1.54, 1.807) is 11.5 Å². The predicted octanol–water partition coefficient (Wildman–Crippen LogP) is 0.755. The van der Waals surface area contributed by atoms with Gasteiger partial charge in [-0.25, -0.2) is 0 Å². The highest BCUT2D eigenvalue weighted by molar-refractivity contribution is 8.02. The summed E-state index contributed by atoms with van der Waals surface area (Å²) in [4.78, 5) is 0. The molecule has 0 atom stereocenters. The summed E-state index contributed by atoms with van der Waals surface area (Å²) in [5, 5.41) is 17.5. The highest BCUT2D eigenvalue weighted by atomic mass is 32.2. The lowest BCUT2D eigenvalue weighted by Gasteiger charge is -1.92. The van der Waals surface area contributed by atoms with Gasteiger partial charge in [-0.3, -0.25) is 0 Å². The zero-order chi connectivity index (χ0) is 8.39. The number of fused-ring (bicyclic) bond motifs is 1. The van der Waals surface area contributed by atoms with Crippen molar-refractivity contribution in [1.82, 2.24) is 25.3 Å². The van der Waals surface area contributed by atoms with Crippen LogP contribution in [0.15, 0.2) is 29.1 Å². The standard InChI is InChI=1S/C6H5N5S/c1-2-12-6-4-3-5-7-9-10-11(5)8-6/h2-4H,1H2. The minimum Gasteiger partial charge on any atom is -0.140 e. The third-order valence-corrected chi connectivity index (χ3v) is 1.88. The summed E-state index contributed by atoms with van der Waals surface area (Å²) in [5.41, 5.74) is 0.642. The van der Waals surface area contributed by atoms with E-state index in [4.69, 9.17) is 0 Å². The first-order valence-corrected chi connectivity index (χ1v) is 4.11. The molecule has 0 saturated heterocycles. The van der Waals surface area contributed by atoms with Gasteiger partial charge < -0.3 is 0 Å². The Labute approximate surface area is 72.5 Å². The molecule has 2 heterocycles. The molecule has 0 aliphatic rings. The van der Waals surface area contributed by atoms with E-state index in [0.29, 0.717) is 5.65 Å². The second kappa shape index (κ2) is 2.90. The van der Waals surface area contributed by atoms with Crippen LogP contribution < -0.4 is 0 Å². The van der Waals surface area contributed by atoms with Gasteiger partial charge in [0.1, 0.15) is 5.03 Å². The fourth-order valence-corrected chi connectivity index (χ4v) is 1.22. The lowest BCUT2D eigenvalue weighted by Crippen LogP contribution is -1.94. The van der Waals surface area contributed by atoms with Crippen LogP contribution in [-0.4, -0.2) is 25.3 Å². The molecule has 2 aromatic rings. The Morgan fingerprint density at radius 2 is 2.42 bits per heavy atom. The van der Waals surface area contributed by atoms with Gasteiger partial charge in [0.05, 0.1) is 0 Å². The number of nitrogens with zero attached hydrogens (tertiary/aromatic N) is 5. The van der Waals surface area contributed by atoms with Crippen molar-refractivity contribution in [3.63, 3.8) is 0 Å². The first-order chi connectivity index (χ1) is 5.90. The lowest BCUT2D eigenvalue weighted by atomic mass is 10.6. The molecule has 0 radical (unpaired) electrons. The molecule has 2 aromatic heterocycles. The topological polar surface area (TPSA) is 56.0 Å². The van der Waals surface area contributed by atoms with Crippen LogP contribution in [0.3, 0.4) is 0 Å². The van der Waals surface area contributed by atoms with Gasteiger partial charge in [0.25, 0.3) is 0 Å². The van der Waals surface area contributed by atoms with Gasteiger partial charge in [0.15, 0.2) is 5.65 Å². The molecule has 0 aromatic carbocycles. The highest BCUT2D eigenvalue weighted by Crippen LogP contribution is 2.14. The van der Waals surface area contributed by atoms with Gasteiger partial charge in [-0.1, -0.05) is 18.3 Å². The number of thioether (sulfide) groups is 1. The van der Waals surface area contributed by atoms with Crippen molar-refractivity contribution in [1.29, 1.82) is 0 Å². The summed E-state index contributed by atoms with van der Waals surface area (Å²) < 4.78 is 1.38. The zero-order valence-electron chi connectivity index (χ0n) is 6.08. The van der Waals surface area contributed by atoms with E-state index in [1.807, 2.05) is 6.07 Å². The SMILES string of the molecule is C=CSc1ccc2nnnn2n1. The second-order valence-corrected chi connectivity index (χ2v) is 2.97. The van der Waals surface area contributed by atoms with E-state index >= 15 is 0 Å². The third kappa shape index (κ3) is 1.16. The summed E-state index contributed by atoms with van der Waals surface area (Å²) in [6.07, 6.45) is 0. The third-order valence-electron chi connectivity index (χ3n) is 1.25. The van der Waals surface area contributed by atoms with E-state index in [1.165, 1.54) is 16.4 Å². The van der Waals surface area contributed by atoms with Crippen LogP contribution in [0.4, 0.5) is 0 Å². The Hall–Kier alpha value is -1.43. The van der Waals surface area contributed by atoms with Crippen molar-refractivity contribution in [2.24, 2.45) is 0 Å². The molecule has 0 N–H and O–H groups in total. The monoisotopic (exact) mass is 179 g/mol. The molecule has 0 unspecified atom stereocenters. The number of tetrazole rings is 1. The summed E-state index contributed by atoms with van der Waals surface area (Å²) in [6, 6.07) is 3.65. The van der Waals surface area contributed by atoms with Gasteiger partial charge in [-0.15, -0.1) is 14.8 Å². The van der Waals surface area contributed by atoms with Crippen LogP contribution in [0.25, 0.3) is 5.65 Å². The van der Waals surface area contributed by atoms with Crippen LogP contribution >= 0.6 is 11.8 Å². The number of rotatable bonds is 2. The highest BCUT2D eigenvalue weighted by Gasteiger charge is 1.98. The van der Waals surface area contributed by atoms with E-state index < -0.39 is 0 Å². The minimum atomic E-state index is 0.642. The Bertz CT molecular complexity index is 409. The zero-order valence-corrected chi connectivity index (χ0v) is 6.90. The van der Waals surface area contributed by atoms with Crippen molar-refractivity contribution in [3.8, 4) is 0 Å². The first-order valence-electron chi connectivity index (χ1n) is 3.23. The summed E-state index contributed by atoms with van der Waals surface area (Å²) in [6.45, 7) is 3.59. The molecule has 5 nitrogen and oxygen atoms in total. The second-order valence-electron chi connectivity index (χ2n) is 1.98. The summed E-state index contributed by atoms with van der Waals surface area (Å²) in [5.74, 6) is 0. The fraction of sp³-hybridized carbons (Fsp3) is 0. The maximum atomic E-state index is 4.10. The molecule has 2 rings (SSSR count). The molecular weight excluding hydrogens is 174 g/mol. The van der Waals surface area contributed by atoms with Crippen LogP contribution in [0.5, 0.6) is 0 Å². The average Bonchev–Trinajstić information content (AvgIpc) is 2.51. The molecule has 0 aliphatic heterocycles. The Balaban J connectivity index is 2.52. The quantitative estimate of drug-likeness (QED) is 0.637. The molecule has 60 valence electrons. The van der Waals surface area contributed by atoms with Crippen LogP contribution in [0, 0.1) is 0 Å². The normalized spacial score (nSPS) is 10.3. The first kappa shape index (κ1) is 7.23. The molecule has 0 amide bonds. The molecule has 0 aliphatic carbocycles. The summed E-state index contributed by atoms with van der Waals surface area (Å²) in [7, 11) is 0. The summed E-state index contributed by atoms with van der Waals surface area (Å²) >= 11 is 1.43. The molecule has 0 spiro atoms. The van der Waals surface area contributed by atoms with Gasteiger partial charge in [0, 0.05) is 0 Å².